The monoisotopic (exact) mass is 444 g/mol. The summed E-state index contributed by atoms with van der Waals surface area (Å²) in [5.41, 5.74) is 2.40. The number of anilines is 2. The number of aromatic amines is 1. The van der Waals surface area contributed by atoms with E-state index in [2.05, 4.69) is 25.4 Å². The van der Waals surface area contributed by atoms with Crippen molar-refractivity contribution in [3.8, 4) is 0 Å². The summed E-state index contributed by atoms with van der Waals surface area (Å²) in [7, 11) is 0. The lowest BCUT2D eigenvalue weighted by atomic mass is 10.1. The first kappa shape index (κ1) is 20.7. The maximum absolute atomic E-state index is 12.8. The van der Waals surface area contributed by atoms with Gasteiger partial charge in [0.25, 0.3) is 5.91 Å². The van der Waals surface area contributed by atoms with E-state index in [-0.39, 0.29) is 5.91 Å². The topological polar surface area (TPSA) is 77.2 Å². The Labute approximate surface area is 185 Å². The molecular weight excluding hydrogens is 423 g/mol. The number of hydrogen-bond donors (Lipinski definition) is 2. The second-order valence-electron chi connectivity index (χ2n) is 7.25. The van der Waals surface area contributed by atoms with E-state index in [0.29, 0.717) is 28.7 Å². The van der Waals surface area contributed by atoms with Crippen LogP contribution in [-0.4, -0.2) is 57.1 Å². The fourth-order valence-electron chi connectivity index (χ4n) is 3.43. The van der Waals surface area contributed by atoms with Gasteiger partial charge in [-0.25, -0.2) is 4.98 Å². The van der Waals surface area contributed by atoms with E-state index in [1.54, 1.807) is 18.2 Å². The number of carbonyl (C=O) groups is 1. The summed E-state index contributed by atoms with van der Waals surface area (Å²) in [6.07, 6.45) is 0. The van der Waals surface area contributed by atoms with Gasteiger partial charge in [-0.2, -0.15) is 5.10 Å². The number of pyridine rings is 1. The lowest BCUT2D eigenvalue weighted by Gasteiger charge is -2.34. The SMILES string of the molecule is Cc1cc(Nc2cccc(CN3CCN(C(=O)c4cccc(Cl)c4Cl)CC3)n2)n[nH]1. The molecule has 1 fully saturated rings. The number of nitrogens with zero attached hydrogens (tertiary/aromatic N) is 4. The number of carbonyl (C=O) groups excluding carboxylic acids is 1. The molecule has 0 radical (unpaired) electrons. The molecule has 0 spiro atoms. The minimum Gasteiger partial charge on any atom is -0.336 e. The first-order valence-corrected chi connectivity index (χ1v) is 10.5. The van der Waals surface area contributed by atoms with Gasteiger partial charge in [0.2, 0.25) is 0 Å². The average Bonchev–Trinajstić information content (AvgIpc) is 3.15. The molecule has 4 rings (SSSR count). The molecule has 30 heavy (non-hydrogen) atoms. The van der Waals surface area contributed by atoms with Crippen molar-refractivity contribution in [2.75, 3.05) is 31.5 Å². The van der Waals surface area contributed by atoms with Crippen molar-refractivity contribution in [1.29, 1.82) is 0 Å². The Morgan fingerprint density at radius 2 is 1.87 bits per heavy atom. The third kappa shape index (κ3) is 4.75. The summed E-state index contributed by atoms with van der Waals surface area (Å²) >= 11 is 12.3. The van der Waals surface area contributed by atoms with Crippen LogP contribution in [0.3, 0.4) is 0 Å². The number of rotatable bonds is 5. The molecular formula is C21H22Cl2N6O. The van der Waals surface area contributed by atoms with E-state index in [4.69, 9.17) is 23.2 Å². The Morgan fingerprint density at radius 1 is 1.10 bits per heavy atom. The highest BCUT2D eigenvalue weighted by atomic mass is 35.5. The minimum atomic E-state index is -0.0826. The zero-order valence-corrected chi connectivity index (χ0v) is 18.0. The smallest absolute Gasteiger partial charge is 0.255 e. The van der Waals surface area contributed by atoms with Crippen molar-refractivity contribution >= 4 is 40.7 Å². The first-order valence-electron chi connectivity index (χ1n) is 9.70. The third-order valence-electron chi connectivity index (χ3n) is 5.00. The molecule has 7 nitrogen and oxygen atoms in total. The number of aromatic nitrogens is 3. The van der Waals surface area contributed by atoms with Crippen LogP contribution in [0.2, 0.25) is 10.0 Å². The van der Waals surface area contributed by atoms with Gasteiger partial charge in [0, 0.05) is 44.5 Å². The van der Waals surface area contributed by atoms with E-state index in [1.807, 2.05) is 36.1 Å². The van der Waals surface area contributed by atoms with Crippen molar-refractivity contribution < 1.29 is 4.79 Å². The molecule has 3 aromatic rings. The quantitative estimate of drug-likeness (QED) is 0.618. The van der Waals surface area contributed by atoms with E-state index in [0.717, 1.165) is 42.7 Å². The minimum absolute atomic E-state index is 0.0826. The lowest BCUT2D eigenvalue weighted by molar-refractivity contribution is 0.0627. The second kappa shape index (κ2) is 9.04. The van der Waals surface area contributed by atoms with Crippen molar-refractivity contribution in [2.24, 2.45) is 0 Å². The van der Waals surface area contributed by atoms with Crippen LogP contribution in [0.15, 0.2) is 42.5 Å². The number of nitrogens with one attached hydrogen (secondary N) is 2. The Balaban J connectivity index is 1.34. The fraction of sp³-hybridized carbons (Fsp3) is 0.286. The van der Waals surface area contributed by atoms with Gasteiger partial charge in [-0.05, 0) is 31.2 Å². The molecule has 0 saturated carbocycles. The van der Waals surface area contributed by atoms with Crippen LogP contribution in [-0.2, 0) is 6.54 Å². The predicted octanol–water partition coefficient (Wildman–Crippen LogP) is 4.12. The average molecular weight is 445 g/mol. The third-order valence-corrected chi connectivity index (χ3v) is 5.81. The molecule has 0 atom stereocenters. The Kier molecular flexibility index (Phi) is 6.22. The van der Waals surface area contributed by atoms with E-state index in [1.165, 1.54) is 0 Å². The predicted molar refractivity (Wildman–Crippen MR) is 118 cm³/mol. The Hall–Kier alpha value is -2.61. The van der Waals surface area contributed by atoms with Gasteiger partial charge < -0.3 is 10.2 Å². The van der Waals surface area contributed by atoms with Gasteiger partial charge in [0.15, 0.2) is 5.82 Å². The van der Waals surface area contributed by atoms with Crippen LogP contribution < -0.4 is 5.32 Å². The standard InChI is InChI=1S/C21H22Cl2N6O/c1-14-12-19(27-26-14)25-18-7-2-4-15(24-18)13-28-8-10-29(11-9-28)21(30)16-5-3-6-17(22)20(16)23/h2-7,12H,8-11,13H2,1H3,(H2,24,25,26,27). The highest BCUT2D eigenvalue weighted by molar-refractivity contribution is 6.43. The van der Waals surface area contributed by atoms with Gasteiger partial charge in [-0.3, -0.25) is 14.8 Å². The van der Waals surface area contributed by atoms with Gasteiger partial charge in [0.1, 0.15) is 5.82 Å². The van der Waals surface area contributed by atoms with Crippen molar-refractivity contribution in [2.45, 2.75) is 13.5 Å². The van der Waals surface area contributed by atoms with Crippen LogP contribution in [0.4, 0.5) is 11.6 Å². The molecule has 0 aliphatic carbocycles. The molecule has 1 aliphatic rings. The van der Waals surface area contributed by atoms with Gasteiger partial charge in [0.05, 0.1) is 21.3 Å². The molecule has 2 aromatic heterocycles. The summed E-state index contributed by atoms with van der Waals surface area (Å²) in [4.78, 5) is 21.6. The van der Waals surface area contributed by atoms with Gasteiger partial charge >= 0.3 is 0 Å². The molecule has 1 aromatic carbocycles. The molecule has 1 amide bonds. The lowest BCUT2D eigenvalue weighted by Crippen LogP contribution is -2.48. The van der Waals surface area contributed by atoms with Crippen molar-refractivity contribution in [3.05, 3.63) is 69.5 Å². The molecule has 156 valence electrons. The fourth-order valence-corrected chi connectivity index (χ4v) is 3.81. The maximum atomic E-state index is 12.8. The normalized spacial score (nSPS) is 14.7. The highest BCUT2D eigenvalue weighted by Crippen LogP contribution is 2.27. The van der Waals surface area contributed by atoms with Crippen molar-refractivity contribution in [3.63, 3.8) is 0 Å². The molecule has 2 N–H and O–H groups in total. The number of halogens is 2. The van der Waals surface area contributed by atoms with E-state index >= 15 is 0 Å². The van der Waals surface area contributed by atoms with Crippen LogP contribution in [0.1, 0.15) is 21.7 Å². The van der Waals surface area contributed by atoms with Crippen molar-refractivity contribution in [1.82, 2.24) is 25.0 Å². The summed E-state index contributed by atoms with van der Waals surface area (Å²) in [5, 5.41) is 11.0. The second-order valence-corrected chi connectivity index (χ2v) is 8.03. The van der Waals surface area contributed by atoms with E-state index < -0.39 is 0 Å². The molecule has 0 bridgehead atoms. The van der Waals surface area contributed by atoms with Crippen LogP contribution in [0.5, 0.6) is 0 Å². The number of amides is 1. The number of piperazine rings is 1. The zero-order chi connectivity index (χ0) is 21.1. The number of hydrogen-bond acceptors (Lipinski definition) is 5. The summed E-state index contributed by atoms with van der Waals surface area (Å²) in [6.45, 7) is 5.46. The molecule has 1 saturated heterocycles. The zero-order valence-electron chi connectivity index (χ0n) is 16.5. The van der Waals surface area contributed by atoms with Crippen LogP contribution in [0, 0.1) is 6.92 Å². The number of H-pyrrole nitrogens is 1. The largest absolute Gasteiger partial charge is 0.336 e. The summed E-state index contributed by atoms with van der Waals surface area (Å²) in [6, 6.07) is 13.0. The summed E-state index contributed by atoms with van der Waals surface area (Å²) in [5.74, 6) is 1.41. The Bertz CT molecular complexity index is 1050. The summed E-state index contributed by atoms with van der Waals surface area (Å²) < 4.78 is 0. The molecule has 1 aliphatic heterocycles. The van der Waals surface area contributed by atoms with Gasteiger partial charge in [-0.1, -0.05) is 35.3 Å². The number of benzene rings is 1. The number of aryl methyl sites for hydroxylation is 1. The molecule has 0 unspecified atom stereocenters. The molecule has 3 heterocycles. The molecule has 9 heteroatoms. The highest BCUT2D eigenvalue weighted by Gasteiger charge is 2.24. The first-order chi connectivity index (χ1) is 14.5. The van der Waals surface area contributed by atoms with Crippen LogP contribution >= 0.6 is 23.2 Å². The van der Waals surface area contributed by atoms with E-state index in [9.17, 15) is 4.79 Å². The van der Waals surface area contributed by atoms with Crippen LogP contribution in [0.25, 0.3) is 0 Å². The Morgan fingerprint density at radius 3 is 2.60 bits per heavy atom. The maximum Gasteiger partial charge on any atom is 0.255 e. The van der Waals surface area contributed by atoms with Gasteiger partial charge in [-0.15, -0.1) is 0 Å².